The fourth-order valence-corrected chi connectivity index (χ4v) is 6.33. The number of benzene rings is 2. The van der Waals surface area contributed by atoms with Crippen LogP contribution in [0, 0.1) is 20.8 Å². The number of sulfonamides is 1. The maximum Gasteiger partial charge on any atom is 0.262 e. The van der Waals surface area contributed by atoms with Crippen LogP contribution in [0.4, 0.5) is 5.69 Å². The van der Waals surface area contributed by atoms with E-state index in [0.29, 0.717) is 28.6 Å². The van der Waals surface area contributed by atoms with E-state index in [0.717, 1.165) is 16.9 Å². The molecule has 2 aromatic rings. The third kappa shape index (κ3) is 5.79. The van der Waals surface area contributed by atoms with Gasteiger partial charge in [0.15, 0.2) is 0 Å². The molecule has 1 aliphatic carbocycles. The second-order valence-electron chi connectivity index (χ2n) is 7.94. The minimum Gasteiger partial charge on any atom is -0.351 e. The molecule has 0 spiro atoms. The average Bonchev–Trinajstić information content (AvgIpc) is 3.21. The van der Waals surface area contributed by atoms with Crippen molar-refractivity contribution < 1.29 is 13.2 Å². The third-order valence-corrected chi connectivity index (χ3v) is 8.30. The second kappa shape index (κ2) is 9.88. The predicted molar refractivity (Wildman–Crippen MR) is 125 cm³/mol. The lowest BCUT2D eigenvalue weighted by Crippen LogP contribution is -2.26. The zero-order chi connectivity index (χ0) is 21.7. The van der Waals surface area contributed by atoms with E-state index in [-0.39, 0.29) is 10.8 Å². The highest BCUT2D eigenvalue weighted by molar-refractivity contribution is 7.99. The molecule has 0 radical (unpaired) electrons. The number of hydrogen-bond acceptors (Lipinski definition) is 4. The Morgan fingerprint density at radius 3 is 2.47 bits per heavy atom. The Morgan fingerprint density at radius 2 is 1.77 bits per heavy atom. The van der Waals surface area contributed by atoms with Gasteiger partial charge in [0, 0.05) is 23.1 Å². The molecule has 2 N–H and O–H groups in total. The van der Waals surface area contributed by atoms with E-state index >= 15 is 0 Å². The van der Waals surface area contributed by atoms with Crippen molar-refractivity contribution in [2.24, 2.45) is 0 Å². The topological polar surface area (TPSA) is 75.3 Å². The number of rotatable bonds is 8. The average molecular weight is 447 g/mol. The van der Waals surface area contributed by atoms with E-state index in [1.807, 2.05) is 37.7 Å². The van der Waals surface area contributed by atoms with E-state index in [2.05, 4.69) is 10.0 Å². The fraction of sp³-hybridized carbons (Fsp3) is 0.435. The highest BCUT2D eigenvalue weighted by atomic mass is 32.2. The number of thioether (sulfide) groups is 1. The van der Waals surface area contributed by atoms with Gasteiger partial charge in [-0.05, 0) is 62.9 Å². The lowest BCUT2D eigenvalue weighted by Gasteiger charge is -2.14. The number of carbonyl (C=O) groups excluding carboxylic acids is 1. The number of aryl methyl sites for hydroxylation is 3. The van der Waals surface area contributed by atoms with Gasteiger partial charge in [0.05, 0.1) is 10.6 Å². The third-order valence-electron chi connectivity index (χ3n) is 5.41. The van der Waals surface area contributed by atoms with Crippen LogP contribution in [0.3, 0.4) is 0 Å². The van der Waals surface area contributed by atoms with Gasteiger partial charge in [0.25, 0.3) is 15.9 Å². The molecule has 1 fully saturated rings. The summed E-state index contributed by atoms with van der Waals surface area (Å²) in [7, 11) is -3.81. The fourth-order valence-electron chi connectivity index (χ4n) is 3.71. The molecule has 2 aromatic carbocycles. The Labute approximate surface area is 184 Å². The van der Waals surface area contributed by atoms with Crippen LogP contribution in [0.5, 0.6) is 0 Å². The van der Waals surface area contributed by atoms with Crippen LogP contribution < -0.4 is 10.0 Å². The van der Waals surface area contributed by atoms with E-state index < -0.39 is 10.0 Å². The summed E-state index contributed by atoms with van der Waals surface area (Å²) in [6, 6.07) is 10.4. The van der Waals surface area contributed by atoms with Crippen molar-refractivity contribution in [2.75, 3.05) is 17.0 Å². The molecule has 30 heavy (non-hydrogen) atoms. The van der Waals surface area contributed by atoms with Crippen molar-refractivity contribution in [3.63, 3.8) is 0 Å². The Hall–Kier alpha value is -1.99. The number of nitrogens with one attached hydrogen (secondary N) is 2. The smallest absolute Gasteiger partial charge is 0.262 e. The number of hydrogen-bond donors (Lipinski definition) is 2. The summed E-state index contributed by atoms with van der Waals surface area (Å²) >= 11 is 1.91. The standard InChI is InChI=1S/C23H30N2O3S2/c1-16-8-11-21(18(3)14-16)25-30(27,28)22-15-19(10-9-17(22)2)23(26)24-12-13-29-20-6-4-5-7-20/h8-11,14-15,20,25H,4-7,12-13H2,1-3H3,(H,24,26). The van der Waals surface area contributed by atoms with Crippen molar-refractivity contribution in [1.29, 1.82) is 0 Å². The predicted octanol–water partition coefficient (Wildman–Crippen LogP) is 4.82. The van der Waals surface area contributed by atoms with Gasteiger partial charge >= 0.3 is 0 Å². The second-order valence-corrected chi connectivity index (χ2v) is 11.0. The molecule has 5 nitrogen and oxygen atoms in total. The molecule has 1 aliphatic rings. The minimum atomic E-state index is -3.81. The van der Waals surface area contributed by atoms with Crippen molar-refractivity contribution in [3.05, 3.63) is 58.7 Å². The van der Waals surface area contributed by atoms with Gasteiger partial charge in [0.1, 0.15) is 0 Å². The summed E-state index contributed by atoms with van der Waals surface area (Å²) in [5.74, 6) is 0.631. The highest BCUT2D eigenvalue weighted by Crippen LogP contribution is 2.29. The maximum atomic E-state index is 13.0. The molecule has 162 valence electrons. The summed E-state index contributed by atoms with van der Waals surface area (Å²) in [4.78, 5) is 12.7. The summed E-state index contributed by atoms with van der Waals surface area (Å²) in [6.45, 7) is 6.14. The van der Waals surface area contributed by atoms with Crippen LogP contribution in [0.15, 0.2) is 41.3 Å². The minimum absolute atomic E-state index is 0.121. The van der Waals surface area contributed by atoms with Gasteiger partial charge in [-0.25, -0.2) is 8.42 Å². The van der Waals surface area contributed by atoms with Gasteiger partial charge in [-0.3, -0.25) is 9.52 Å². The first-order valence-corrected chi connectivity index (χ1v) is 12.9. The van der Waals surface area contributed by atoms with Crippen LogP contribution >= 0.6 is 11.8 Å². The van der Waals surface area contributed by atoms with E-state index in [1.54, 1.807) is 25.1 Å². The number of anilines is 1. The molecule has 0 bridgehead atoms. The van der Waals surface area contributed by atoms with E-state index in [9.17, 15) is 13.2 Å². The maximum absolute atomic E-state index is 13.0. The normalized spacial score (nSPS) is 14.6. The summed E-state index contributed by atoms with van der Waals surface area (Å²) in [6.07, 6.45) is 5.15. The van der Waals surface area contributed by atoms with Gasteiger partial charge < -0.3 is 5.32 Å². The summed E-state index contributed by atoms with van der Waals surface area (Å²) < 4.78 is 28.6. The zero-order valence-electron chi connectivity index (χ0n) is 17.8. The molecule has 0 atom stereocenters. The lowest BCUT2D eigenvalue weighted by atomic mass is 10.1. The quantitative estimate of drug-likeness (QED) is 0.570. The monoisotopic (exact) mass is 446 g/mol. The SMILES string of the molecule is Cc1ccc(NS(=O)(=O)c2cc(C(=O)NCCSC3CCCC3)ccc2C)c(C)c1. The molecule has 0 aromatic heterocycles. The molecule has 0 saturated heterocycles. The molecule has 0 unspecified atom stereocenters. The molecule has 0 heterocycles. The Balaban J connectivity index is 1.67. The van der Waals surface area contributed by atoms with E-state index in [1.165, 1.54) is 31.7 Å². The number of amides is 1. The van der Waals surface area contributed by atoms with Crippen LogP contribution in [0.2, 0.25) is 0 Å². The van der Waals surface area contributed by atoms with E-state index in [4.69, 9.17) is 0 Å². The Morgan fingerprint density at radius 1 is 1.03 bits per heavy atom. The molecular weight excluding hydrogens is 416 g/mol. The van der Waals surface area contributed by atoms with Gasteiger partial charge in [-0.1, -0.05) is 36.6 Å². The van der Waals surface area contributed by atoms with Crippen LogP contribution in [0.1, 0.15) is 52.7 Å². The van der Waals surface area contributed by atoms with Crippen molar-refractivity contribution >= 4 is 33.4 Å². The highest BCUT2D eigenvalue weighted by Gasteiger charge is 2.20. The lowest BCUT2D eigenvalue weighted by molar-refractivity contribution is 0.0956. The Kier molecular flexibility index (Phi) is 7.47. The Bertz CT molecular complexity index is 1010. The molecule has 7 heteroatoms. The van der Waals surface area contributed by atoms with Crippen LogP contribution in [-0.2, 0) is 10.0 Å². The molecule has 1 amide bonds. The van der Waals surface area contributed by atoms with Crippen LogP contribution in [-0.4, -0.2) is 31.9 Å². The molecule has 1 saturated carbocycles. The van der Waals surface area contributed by atoms with Crippen molar-refractivity contribution in [2.45, 2.75) is 56.6 Å². The van der Waals surface area contributed by atoms with Crippen molar-refractivity contribution in [1.82, 2.24) is 5.32 Å². The molecule has 3 rings (SSSR count). The van der Waals surface area contributed by atoms with Gasteiger partial charge in [-0.15, -0.1) is 0 Å². The number of carbonyl (C=O) groups is 1. The van der Waals surface area contributed by atoms with Gasteiger partial charge in [-0.2, -0.15) is 11.8 Å². The first kappa shape index (κ1) is 22.7. The first-order valence-electron chi connectivity index (χ1n) is 10.4. The van der Waals surface area contributed by atoms with Crippen LogP contribution in [0.25, 0.3) is 0 Å². The largest absolute Gasteiger partial charge is 0.351 e. The summed E-state index contributed by atoms with van der Waals surface area (Å²) in [5.41, 5.74) is 3.41. The molecule has 0 aliphatic heterocycles. The van der Waals surface area contributed by atoms with Gasteiger partial charge in [0.2, 0.25) is 0 Å². The zero-order valence-corrected chi connectivity index (χ0v) is 19.5. The van der Waals surface area contributed by atoms with Crippen molar-refractivity contribution in [3.8, 4) is 0 Å². The summed E-state index contributed by atoms with van der Waals surface area (Å²) in [5, 5.41) is 3.63. The molecular formula is C23H30N2O3S2. The first-order chi connectivity index (χ1) is 14.3.